The van der Waals surface area contributed by atoms with E-state index >= 15 is 0 Å². The van der Waals surface area contributed by atoms with Crippen molar-refractivity contribution in [3.05, 3.63) is 115 Å². The van der Waals surface area contributed by atoms with Crippen molar-refractivity contribution in [2.24, 2.45) is 10.8 Å². The van der Waals surface area contributed by atoms with E-state index in [4.69, 9.17) is 18.9 Å². The van der Waals surface area contributed by atoms with Crippen LogP contribution in [-0.2, 0) is 108 Å². The average molecular weight is 1190 g/mol. The first-order chi connectivity index (χ1) is 38.9. The summed E-state index contributed by atoms with van der Waals surface area (Å²) in [5.41, 5.74) is 4.96. The van der Waals surface area contributed by atoms with E-state index in [-0.39, 0.29) is 79.8 Å². The first kappa shape index (κ1) is 72.4. The summed E-state index contributed by atoms with van der Waals surface area (Å²) in [6.45, 7) is 47.0. The molecule has 0 atom stereocenters. The molecular formula is C74H110O12. The van der Waals surface area contributed by atoms with Crippen molar-refractivity contribution in [1.82, 2.24) is 0 Å². The Morgan fingerprint density at radius 2 is 0.488 bits per heavy atom. The second kappa shape index (κ2) is 27.1. The molecule has 0 spiro atoms. The zero-order valence-corrected chi connectivity index (χ0v) is 57.4. The maximum Gasteiger partial charge on any atom is 0.306 e. The van der Waals surface area contributed by atoms with Crippen molar-refractivity contribution in [2.75, 3.05) is 26.4 Å². The predicted octanol–water partition coefficient (Wildman–Crippen LogP) is 16.2. The highest BCUT2D eigenvalue weighted by molar-refractivity contribution is 5.72. The van der Waals surface area contributed by atoms with E-state index in [1.165, 1.54) is 0 Å². The lowest BCUT2D eigenvalue weighted by Crippen LogP contribution is -2.44. The molecule has 0 heterocycles. The van der Waals surface area contributed by atoms with Crippen LogP contribution < -0.4 is 0 Å². The van der Waals surface area contributed by atoms with Gasteiger partial charge in [0.25, 0.3) is 0 Å². The third-order valence-corrected chi connectivity index (χ3v) is 15.8. The number of phenolic OH excluding ortho intramolecular Hbond substituents is 4. The lowest BCUT2D eigenvalue weighted by Gasteiger charge is -2.32. The first-order valence-electron chi connectivity index (χ1n) is 31.0. The molecule has 0 aliphatic carbocycles. The number of aromatic hydroxyl groups is 4. The summed E-state index contributed by atoms with van der Waals surface area (Å²) in [6, 6.07) is 15.4. The van der Waals surface area contributed by atoms with Crippen LogP contribution in [0.4, 0.5) is 0 Å². The number of aryl methyl sites for hydroxylation is 4. The molecule has 0 unspecified atom stereocenters. The monoisotopic (exact) mass is 1190 g/mol. The number of rotatable bonds is 21. The molecule has 86 heavy (non-hydrogen) atoms. The summed E-state index contributed by atoms with van der Waals surface area (Å²) in [6.07, 6.45) is 1.48. The van der Waals surface area contributed by atoms with Gasteiger partial charge in [-0.05, 0) is 142 Å². The fourth-order valence-electron chi connectivity index (χ4n) is 10.6. The van der Waals surface area contributed by atoms with Crippen molar-refractivity contribution in [2.45, 2.75) is 262 Å². The van der Waals surface area contributed by atoms with Crippen LogP contribution in [0.3, 0.4) is 0 Å². The van der Waals surface area contributed by atoms with Crippen LogP contribution in [0, 0.1) is 10.8 Å². The number of carbonyl (C=O) groups excluding carboxylic acids is 4. The molecule has 4 aromatic carbocycles. The Labute approximate surface area is 517 Å². The van der Waals surface area contributed by atoms with Gasteiger partial charge in [-0.3, -0.25) is 19.2 Å². The van der Waals surface area contributed by atoms with Crippen LogP contribution in [0.1, 0.15) is 259 Å². The highest BCUT2D eigenvalue weighted by atomic mass is 16.6. The van der Waals surface area contributed by atoms with Gasteiger partial charge in [0.1, 0.15) is 54.8 Å². The summed E-state index contributed by atoms with van der Waals surface area (Å²) in [7, 11) is 0. The van der Waals surface area contributed by atoms with E-state index in [0.717, 1.165) is 66.8 Å². The summed E-state index contributed by atoms with van der Waals surface area (Å²) in [5.74, 6) is -1.46. The minimum atomic E-state index is -1.58. The van der Waals surface area contributed by atoms with Crippen LogP contribution in [-0.4, -0.2) is 70.7 Å². The molecule has 4 N–H and O–H groups in total. The number of ether oxygens (including phenoxy) is 4. The molecule has 0 radical (unpaired) electrons. The molecule has 12 nitrogen and oxygen atoms in total. The number of hydrogen-bond donors (Lipinski definition) is 4. The van der Waals surface area contributed by atoms with E-state index in [9.17, 15) is 39.6 Å². The molecular weight excluding hydrogens is 1080 g/mol. The molecule has 0 bridgehead atoms. The molecule has 0 amide bonds. The fraction of sp³-hybridized carbons (Fsp3) is 0.622. The lowest BCUT2D eigenvalue weighted by molar-refractivity contribution is -0.170. The van der Waals surface area contributed by atoms with Gasteiger partial charge in [0.2, 0.25) is 0 Å². The summed E-state index contributed by atoms with van der Waals surface area (Å²) in [4.78, 5) is 56.5. The smallest absolute Gasteiger partial charge is 0.306 e. The molecule has 0 saturated carbocycles. The van der Waals surface area contributed by atoms with E-state index in [2.05, 4.69) is 20.8 Å². The zero-order valence-electron chi connectivity index (χ0n) is 57.4. The van der Waals surface area contributed by atoms with Crippen molar-refractivity contribution in [1.29, 1.82) is 0 Å². The number of phenols is 4. The second-order valence-corrected chi connectivity index (χ2v) is 32.9. The van der Waals surface area contributed by atoms with Gasteiger partial charge in [-0.25, -0.2) is 0 Å². The minimum absolute atomic E-state index is 0.0576. The van der Waals surface area contributed by atoms with Crippen LogP contribution >= 0.6 is 0 Å². The minimum Gasteiger partial charge on any atom is -0.507 e. The van der Waals surface area contributed by atoms with Crippen molar-refractivity contribution < 1.29 is 58.6 Å². The normalized spacial score (nSPS) is 13.2. The predicted molar refractivity (Wildman–Crippen MR) is 346 cm³/mol. The van der Waals surface area contributed by atoms with Crippen molar-refractivity contribution >= 4 is 23.9 Å². The highest BCUT2D eigenvalue weighted by Gasteiger charge is 2.39. The van der Waals surface area contributed by atoms with Crippen molar-refractivity contribution in [3.8, 4) is 23.0 Å². The molecule has 478 valence electrons. The Morgan fingerprint density at radius 1 is 0.302 bits per heavy atom. The maximum absolute atomic E-state index is 14.1. The van der Waals surface area contributed by atoms with E-state index < -0.39 is 93.6 Å². The Hall–Kier alpha value is -6.04. The molecule has 12 heteroatoms. The number of benzene rings is 4. The molecule has 0 saturated heterocycles. The van der Waals surface area contributed by atoms with E-state index in [1.54, 1.807) is 0 Å². The third kappa shape index (κ3) is 20.8. The van der Waals surface area contributed by atoms with E-state index in [1.807, 2.05) is 194 Å². The summed E-state index contributed by atoms with van der Waals surface area (Å²) in [5, 5.41) is 45.7. The van der Waals surface area contributed by atoms with Gasteiger partial charge in [0.15, 0.2) is 0 Å². The molecule has 4 rings (SSSR count). The zero-order chi connectivity index (χ0) is 65.7. The summed E-state index contributed by atoms with van der Waals surface area (Å²) >= 11 is 0. The molecule has 0 aromatic heterocycles. The Balaban J connectivity index is 1.77. The Bertz CT molecular complexity index is 2690. The van der Waals surface area contributed by atoms with Gasteiger partial charge in [-0.15, -0.1) is 0 Å². The van der Waals surface area contributed by atoms with Crippen LogP contribution in [0.5, 0.6) is 23.0 Å². The molecule has 4 aromatic rings. The first-order valence-corrected chi connectivity index (χ1v) is 31.0. The number of carbonyl (C=O) groups is 4. The van der Waals surface area contributed by atoms with Gasteiger partial charge >= 0.3 is 23.9 Å². The van der Waals surface area contributed by atoms with Gasteiger partial charge in [0.05, 0.1) is 0 Å². The topological polar surface area (TPSA) is 186 Å². The van der Waals surface area contributed by atoms with Gasteiger partial charge in [0, 0.05) is 25.7 Å². The maximum atomic E-state index is 14.1. The second-order valence-electron chi connectivity index (χ2n) is 32.9. The van der Waals surface area contributed by atoms with Crippen LogP contribution in [0.25, 0.3) is 0 Å². The van der Waals surface area contributed by atoms with Gasteiger partial charge in [-0.2, -0.15) is 0 Å². The molecule has 0 aliphatic rings. The van der Waals surface area contributed by atoms with Gasteiger partial charge < -0.3 is 39.4 Å². The van der Waals surface area contributed by atoms with Crippen LogP contribution in [0.15, 0.2) is 48.5 Å². The third-order valence-electron chi connectivity index (χ3n) is 15.8. The average Bonchev–Trinajstić information content (AvgIpc) is 0.921. The van der Waals surface area contributed by atoms with E-state index in [0.29, 0.717) is 6.42 Å². The fourth-order valence-corrected chi connectivity index (χ4v) is 10.6. The molecule has 0 fully saturated rings. The lowest BCUT2D eigenvalue weighted by atomic mass is 9.78. The van der Waals surface area contributed by atoms with Crippen molar-refractivity contribution in [3.63, 3.8) is 0 Å². The Kier molecular flexibility index (Phi) is 22.9. The SMILES string of the molecule is CC(C)(C)Cc1cc(CCC(=O)OCC(COC(=O)CCc2cc(C(C)(C)C)c(O)c(C(C)(C)C)c2)(COC(=O)CCc2cc(C(C)(C)C)c(O)c(C(C)(C)C)c2)COC(=O)CCc2cc(C(C)(C)C)c(O)c(C(C)(C)C)c2)cc(C(C)(C)C)c1O. The summed E-state index contributed by atoms with van der Waals surface area (Å²) < 4.78 is 24.4. The Morgan fingerprint density at radius 3 is 0.674 bits per heavy atom. The largest absolute Gasteiger partial charge is 0.507 e. The van der Waals surface area contributed by atoms with Crippen LogP contribution in [0.2, 0.25) is 0 Å². The molecule has 0 aliphatic heterocycles. The highest BCUT2D eigenvalue weighted by Crippen LogP contribution is 2.44. The van der Waals surface area contributed by atoms with Gasteiger partial charge in [-0.1, -0.05) is 215 Å². The number of hydrogen-bond acceptors (Lipinski definition) is 12. The standard InChI is InChI=1S/C74H110O12/c1-66(2,3)41-50-33-46(34-51(62(50)79)67(4,5)6)25-29-58(75)83-42-74(43-84-59(76)30-26-47-35-52(68(7,8)9)63(80)53(36-47)69(10,11)12,44-85-60(77)31-27-48-37-54(70(13,14)15)64(81)55(38-48)71(16,17)18)45-86-61(78)32-28-49-39-56(72(19,20)21)65(82)57(40-49)73(22,23)24/h33-40,79-82H,25-32,41-45H2,1-24H3. The quantitative estimate of drug-likeness (QED) is 0.0458. The number of esters is 4.